The number of hydrogen-bond acceptors (Lipinski definition) is 5. The average molecular weight is 771 g/mol. The number of halogens is 3. The number of carbonyl (C=O) groups excluding carboxylic acids is 1. The van der Waals surface area contributed by atoms with Crippen molar-refractivity contribution in [3.05, 3.63) is 94.0 Å². The van der Waals surface area contributed by atoms with Gasteiger partial charge in [-0.05, 0) is 93.2 Å². The lowest BCUT2D eigenvalue weighted by Gasteiger charge is -2.13. The molecule has 0 atom stereocenters. The first-order valence-corrected chi connectivity index (χ1v) is 13.9. The van der Waals surface area contributed by atoms with Crippen LogP contribution in [-0.2, 0) is 4.79 Å². The van der Waals surface area contributed by atoms with E-state index < -0.39 is 0 Å². The SMILES string of the molecule is CC(C)c1nc2ccc(Br)cc2c(=O)n1N=Cc1cc(I)c(OCC(=O)Nc2ccccc2)c(I)c1. The van der Waals surface area contributed by atoms with Crippen LogP contribution in [0.1, 0.15) is 31.2 Å². The molecule has 0 aliphatic heterocycles. The average Bonchev–Trinajstić information content (AvgIpc) is 2.83. The maximum atomic E-state index is 13.2. The third kappa shape index (κ3) is 6.32. The number of rotatable bonds is 7. The van der Waals surface area contributed by atoms with Crippen molar-refractivity contribution in [3.63, 3.8) is 0 Å². The summed E-state index contributed by atoms with van der Waals surface area (Å²) in [5.41, 5.74) is 1.92. The minimum atomic E-state index is -0.241. The Bertz CT molecular complexity index is 1500. The van der Waals surface area contributed by atoms with Gasteiger partial charge in [-0.15, -0.1) is 0 Å². The number of hydrogen-bond donors (Lipinski definition) is 1. The van der Waals surface area contributed by atoms with Gasteiger partial charge in [-0.3, -0.25) is 9.59 Å². The molecule has 0 aliphatic carbocycles. The van der Waals surface area contributed by atoms with Crippen LogP contribution >= 0.6 is 61.1 Å². The van der Waals surface area contributed by atoms with E-state index in [2.05, 4.69) is 76.5 Å². The molecule has 7 nitrogen and oxygen atoms in total. The standard InChI is InChI=1S/C26H21BrI2N4O3/c1-15(2)25-32-22-9-8-17(27)12-19(22)26(35)33(25)30-13-16-10-20(28)24(21(29)11-16)36-14-23(34)31-18-6-4-3-5-7-18/h3-13,15H,14H2,1-2H3,(H,31,34). The van der Waals surface area contributed by atoms with Crippen LogP contribution in [0.2, 0.25) is 0 Å². The van der Waals surface area contributed by atoms with Crippen molar-refractivity contribution < 1.29 is 9.53 Å². The van der Waals surface area contributed by atoms with Crippen LogP contribution in [0.4, 0.5) is 5.69 Å². The zero-order valence-electron chi connectivity index (χ0n) is 19.3. The summed E-state index contributed by atoms with van der Waals surface area (Å²) in [5.74, 6) is 0.962. The summed E-state index contributed by atoms with van der Waals surface area (Å²) in [6, 6.07) is 18.5. The summed E-state index contributed by atoms with van der Waals surface area (Å²) < 4.78 is 9.62. The number of nitrogens with one attached hydrogen (secondary N) is 1. The van der Waals surface area contributed by atoms with Gasteiger partial charge in [0.05, 0.1) is 24.3 Å². The fourth-order valence-corrected chi connectivity index (χ4v) is 5.91. The van der Waals surface area contributed by atoms with Crippen molar-refractivity contribution in [2.45, 2.75) is 19.8 Å². The highest BCUT2D eigenvalue weighted by Crippen LogP contribution is 2.29. The van der Waals surface area contributed by atoms with E-state index in [-0.39, 0.29) is 24.0 Å². The van der Waals surface area contributed by atoms with Gasteiger partial charge in [-0.25, -0.2) is 4.98 Å². The van der Waals surface area contributed by atoms with Gasteiger partial charge in [0.2, 0.25) is 0 Å². The van der Waals surface area contributed by atoms with Gasteiger partial charge in [0.15, 0.2) is 6.61 Å². The summed E-state index contributed by atoms with van der Waals surface area (Å²) in [5, 5.41) is 7.80. The number of aromatic nitrogens is 2. The molecule has 0 aliphatic rings. The van der Waals surface area contributed by atoms with E-state index in [9.17, 15) is 9.59 Å². The van der Waals surface area contributed by atoms with Crippen LogP contribution in [0.15, 0.2) is 75.0 Å². The Morgan fingerprint density at radius 1 is 1.14 bits per heavy atom. The number of ether oxygens (including phenoxy) is 1. The Labute approximate surface area is 243 Å². The first-order chi connectivity index (χ1) is 17.2. The Balaban J connectivity index is 1.57. The maximum Gasteiger partial charge on any atom is 0.282 e. The lowest BCUT2D eigenvalue weighted by molar-refractivity contribution is -0.118. The summed E-state index contributed by atoms with van der Waals surface area (Å²) in [6.45, 7) is 3.84. The van der Waals surface area contributed by atoms with Crippen LogP contribution in [0.5, 0.6) is 5.75 Å². The number of nitrogens with zero attached hydrogens (tertiary/aromatic N) is 3. The third-order valence-corrected chi connectivity index (χ3v) is 7.19. The van der Waals surface area contributed by atoms with Crippen molar-refractivity contribution >= 4 is 89.8 Å². The fraction of sp³-hybridized carbons (Fsp3) is 0.154. The highest BCUT2D eigenvalue weighted by Gasteiger charge is 2.15. The minimum Gasteiger partial charge on any atom is -0.482 e. The Morgan fingerprint density at radius 3 is 2.50 bits per heavy atom. The zero-order chi connectivity index (χ0) is 25.8. The first-order valence-electron chi connectivity index (χ1n) is 11.0. The molecule has 0 unspecified atom stereocenters. The summed E-state index contributed by atoms with van der Waals surface area (Å²) in [4.78, 5) is 30.2. The van der Waals surface area contributed by atoms with Gasteiger partial charge in [0, 0.05) is 16.1 Å². The number of anilines is 1. The fourth-order valence-electron chi connectivity index (χ4n) is 3.42. The van der Waals surface area contributed by atoms with E-state index in [1.807, 2.05) is 68.4 Å². The lowest BCUT2D eigenvalue weighted by Crippen LogP contribution is -2.23. The molecular weight excluding hydrogens is 750 g/mol. The van der Waals surface area contributed by atoms with Crippen LogP contribution < -0.4 is 15.6 Å². The van der Waals surface area contributed by atoms with E-state index in [1.165, 1.54) is 4.68 Å². The second-order valence-corrected chi connectivity index (χ2v) is 11.4. The van der Waals surface area contributed by atoms with Crippen molar-refractivity contribution in [2.24, 2.45) is 5.10 Å². The number of amides is 1. The van der Waals surface area contributed by atoms with Crippen LogP contribution in [0.3, 0.4) is 0 Å². The summed E-state index contributed by atoms with van der Waals surface area (Å²) in [6.07, 6.45) is 1.63. The number of benzene rings is 3. The number of carbonyl (C=O) groups is 1. The van der Waals surface area contributed by atoms with E-state index in [1.54, 1.807) is 12.3 Å². The van der Waals surface area contributed by atoms with Gasteiger partial charge < -0.3 is 10.1 Å². The molecule has 0 fully saturated rings. The molecule has 0 spiro atoms. The van der Waals surface area contributed by atoms with Crippen molar-refractivity contribution in [1.82, 2.24) is 9.66 Å². The quantitative estimate of drug-likeness (QED) is 0.175. The Hall–Kier alpha value is -2.32. The topological polar surface area (TPSA) is 85.6 Å². The molecule has 0 saturated carbocycles. The number of fused-ring (bicyclic) bond motifs is 1. The van der Waals surface area contributed by atoms with E-state index in [0.29, 0.717) is 28.2 Å². The predicted octanol–water partition coefficient (Wildman–Crippen LogP) is 6.39. The van der Waals surface area contributed by atoms with Crippen LogP contribution in [0.25, 0.3) is 10.9 Å². The van der Waals surface area contributed by atoms with E-state index >= 15 is 0 Å². The highest BCUT2D eigenvalue weighted by atomic mass is 127. The largest absolute Gasteiger partial charge is 0.482 e. The second kappa shape index (κ2) is 11.8. The molecule has 3 aromatic carbocycles. The molecule has 0 bridgehead atoms. The lowest BCUT2D eigenvalue weighted by atomic mass is 10.2. The maximum absolute atomic E-state index is 13.2. The minimum absolute atomic E-state index is 0.000905. The molecule has 0 radical (unpaired) electrons. The monoisotopic (exact) mass is 770 g/mol. The van der Waals surface area contributed by atoms with Crippen molar-refractivity contribution in [3.8, 4) is 5.75 Å². The molecule has 184 valence electrons. The van der Waals surface area contributed by atoms with Crippen LogP contribution in [0, 0.1) is 7.14 Å². The molecule has 1 amide bonds. The smallest absolute Gasteiger partial charge is 0.282 e. The Kier molecular flexibility index (Phi) is 8.78. The molecule has 36 heavy (non-hydrogen) atoms. The normalized spacial score (nSPS) is 11.4. The zero-order valence-corrected chi connectivity index (χ0v) is 25.2. The molecule has 1 heterocycles. The highest BCUT2D eigenvalue weighted by molar-refractivity contribution is 14.1. The van der Waals surface area contributed by atoms with Crippen molar-refractivity contribution in [2.75, 3.05) is 11.9 Å². The molecule has 0 saturated heterocycles. The van der Waals surface area contributed by atoms with E-state index in [0.717, 1.165) is 17.2 Å². The van der Waals surface area contributed by atoms with Gasteiger partial charge >= 0.3 is 0 Å². The molecule has 1 N–H and O–H groups in total. The molecule has 4 aromatic rings. The first kappa shape index (κ1) is 26.7. The molecular formula is C26H21BrI2N4O3. The molecule has 1 aromatic heterocycles. The number of para-hydroxylation sites is 1. The second-order valence-electron chi connectivity index (χ2n) is 8.16. The summed E-state index contributed by atoms with van der Waals surface area (Å²) in [7, 11) is 0. The van der Waals surface area contributed by atoms with Gasteiger partial charge in [-0.1, -0.05) is 48.0 Å². The predicted molar refractivity (Wildman–Crippen MR) is 163 cm³/mol. The Morgan fingerprint density at radius 2 is 1.83 bits per heavy atom. The van der Waals surface area contributed by atoms with E-state index in [4.69, 9.17) is 4.74 Å². The van der Waals surface area contributed by atoms with Crippen LogP contribution in [-0.4, -0.2) is 28.4 Å². The van der Waals surface area contributed by atoms with Gasteiger partial charge in [0.25, 0.3) is 11.5 Å². The van der Waals surface area contributed by atoms with Gasteiger partial charge in [-0.2, -0.15) is 9.78 Å². The molecule has 10 heteroatoms. The summed E-state index contributed by atoms with van der Waals surface area (Å²) >= 11 is 7.75. The molecule has 4 rings (SSSR count). The van der Waals surface area contributed by atoms with Crippen molar-refractivity contribution in [1.29, 1.82) is 0 Å². The third-order valence-electron chi connectivity index (χ3n) is 5.10. The van der Waals surface area contributed by atoms with Gasteiger partial charge in [0.1, 0.15) is 11.6 Å².